The lowest BCUT2D eigenvalue weighted by atomic mass is 9.70. The van der Waals surface area contributed by atoms with E-state index in [1.807, 2.05) is 11.6 Å². The van der Waals surface area contributed by atoms with Crippen molar-refractivity contribution in [3.63, 3.8) is 0 Å². The fourth-order valence-electron chi connectivity index (χ4n) is 2.53. The van der Waals surface area contributed by atoms with Crippen LogP contribution in [0.15, 0.2) is 12.5 Å². The van der Waals surface area contributed by atoms with Gasteiger partial charge >= 0.3 is 0 Å². The lowest BCUT2D eigenvalue weighted by Gasteiger charge is -2.39. The maximum Gasteiger partial charge on any atom is 0.248 e. The quantitative estimate of drug-likeness (QED) is 0.840. The van der Waals surface area contributed by atoms with E-state index in [9.17, 15) is 8.78 Å². The molecule has 3 nitrogen and oxygen atoms in total. The molecule has 0 bridgehead atoms. The second-order valence-corrected chi connectivity index (χ2v) is 4.73. The van der Waals surface area contributed by atoms with Gasteiger partial charge in [-0.15, -0.1) is 0 Å². The van der Waals surface area contributed by atoms with Crippen molar-refractivity contribution in [3.05, 3.63) is 18.2 Å². The molecule has 0 aromatic carbocycles. The van der Waals surface area contributed by atoms with Gasteiger partial charge in [0, 0.05) is 43.7 Å². The van der Waals surface area contributed by atoms with Crippen molar-refractivity contribution < 1.29 is 8.78 Å². The Balaban J connectivity index is 2.26. The molecule has 0 unspecified atom stereocenters. The van der Waals surface area contributed by atoms with Crippen molar-refractivity contribution in [3.8, 4) is 0 Å². The lowest BCUT2D eigenvalue weighted by Crippen LogP contribution is -2.43. The van der Waals surface area contributed by atoms with E-state index in [1.54, 1.807) is 12.5 Å². The molecule has 90 valence electrons. The van der Waals surface area contributed by atoms with E-state index in [4.69, 9.17) is 5.73 Å². The summed E-state index contributed by atoms with van der Waals surface area (Å²) in [6.45, 7) is 0.405. The molecule has 1 fully saturated rings. The van der Waals surface area contributed by atoms with Crippen LogP contribution in [0.3, 0.4) is 0 Å². The molecule has 1 aromatic heterocycles. The fraction of sp³-hybridized carbons (Fsp3) is 0.727. The third kappa shape index (κ3) is 1.84. The molecule has 0 aliphatic heterocycles. The Bertz CT molecular complexity index is 363. The molecular weight excluding hydrogens is 212 g/mol. The topological polar surface area (TPSA) is 43.8 Å². The van der Waals surface area contributed by atoms with Crippen LogP contribution >= 0.6 is 0 Å². The van der Waals surface area contributed by atoms with Crippen molar-refractivity contribution in [1.29, 1.82) is 0 Å². The Morgan fingerprint density at radius 3 is 2.44 bits per heavy atom. The highest BCUT2D eigenvalue weighted by atomic mass is 19.3. The van der Waals surface area contributed by atoms with E-state index >= 15 is 0 Å². The zero-order chi connectivity index (χ0) is 11.8. The summed E-state index contributed by atoms with van der Waals surface area (Å²) in [4.78, 5) is 4.05. The van der Waals surface area contributed by atoms with Gasteiger partial charge in [-0.1, -0.05) is 0 Å². The van der Waals surface area contributed by atoms with Gasteiger partial charge in [-0.3, -0.25) is 0 Å². The summed E-state index contributed by atoms with van der Waals surface area (Å²) in [5, 5.41) is 0. The van der Waals surface area contributed by atoms with E-state index in [0.717, 1.165) is 5.69 Å². The van der Waals surface area contributed by atoms with Crippen LogP contribution in [0.1, 0.15) is 31.4 Å². The number of nitrogens with two attached hydrogens (primary N) is 1. The average molecular weight is 229 g/mol. The number of nitrogens with zero attached hydrogens (tertiary/aromatic N) is 2. The first kappa shape index (κ1) is 11.5. The number of alkyl halides is 2. The molecule has 1 saturated carbocycles. The summed E-state index contributed by atoms with van der Waals surface area (Å²) in [5.74, 6) is -2.52. The highest BCUT2D eigenvalue weighted by Gasteiger charge is 2.44. The minimum absolute atomic E-state index is 0.0740. The summed E-state index contributed by atoms with van der Waals surface area (Å²) in [7, 11) is 1.88. The summed E-state index contributed by atoms with van der Waals surface area (Å²) in [5.41, 5.74) is 6.47. The van der Waals surface area contributed by atoms with Crippen molar-refractivity contribution in [2.75, 3.05) is 6.54 Å². The molecule has 0 saturated heterocycles. The van der Waals surface area contributed by atoms with Gasteiger partial charge < -0.3 is 10.3 Å². The van der Waals surface area contributed by atoms with Gasteiger partial charge in [0.2, 0.25) is 5.92 Å². The number of hydrogen-bond donors (Lipinski definition) is 1. The summed E-state index contributed by atoms with van der Waals surface area (Å²) >= 11 is 0. The van der Waals surface area contributed by atoms with Crippen LogP contribution in [0, 0.1) is 0 Å². The highest BCUT2D eigenvalue weighted by Crippen LogP contribution is 2.44. The maximum absolute atomic E-state index is 13.2. The minimum atomic E-state index is -2.52. The van der Waals surface area contributed by atoms with Gasteiger partial charge in [0.05, 0.1) is 6.33 Å². The zero-order valence-electron chi connectivity index (χ0n) is 9.42. The Kier molecular flexibility index (Phi) is 2.74. The van der Waals surface area contributed by atoms with Gasteiger partial charge in [-0.25, -0.2) is 13.8 Å². The van der Waals surface area contributed by atoms with Crippen molar-refractivity contribution in [2.45, 2.75) is 37.0 Å². The first-order chi connectivity index (χ1) is 7.49. The summed E-state index contributed by atoms with van der Waals surface area (Å²) in [6.07, 6.45) is 4.17. The fourth-order valence-corrected chi connectivity index (χ4v) is 2.53. The molecule has 0 spiro atoms. The van der Waals surface area contributed by atoms with Gasteiger partial charge in [-0.2, -0.15) is 0 Å². The van der Waals surface area contributed by atoms with Crippen LogP contribution in [0.4, 0.5) is 8.78 Å². The maximum atomic E-state index is 13.2. The third-order valence-electron chi connectivity index (χ3n) is 3.69. The average Bonchev–Trinajstić information content (AvgIpc) is 2.66. The first-order valence-electron chi connectivity index (χ1n) is 5.54. The highest BCUT2D eigenvalue weighted by molar-refractivity contribution is 5.18. The molecule has 1 aliphatic carbocycles. The number of halogens is 2. The normalized spacial score (nSPS) is 23.2. The predicted molar refractivity (Wildman–Crippen MR) is 57.4 cm³/mol. The van der Waals surface area contributed by atoms with E-state index < -0.39 is 5.92 Å². The van der Waals surface area contributed by atoms with Crippen molar-refractivity contribution in [2.24, 2.45) is 12.8 Å². The second kappa shape index (κ2) is 3.80. The zero-order valence-corrected chi connectivity index (χ0v) is 9.42. The number of aromatic nitrogens is 2. The number of rotatable bonds is 2. The standard InChI is InChI=1S/C11H17F2N3/c1-16-8-15-6-9(16)10(7-14)2-4-11(12,13)5-3-10/h6,8H,2-5,7,14H2,1H3. The Morgan fingerprint density at radius 2 is 2.00 bits per heavy atom. The lowest BCUT2D eigenvalue weighted by molar-refractivity contribution is -0.0517. The van der Waals surface area contributed by atoms with E-state index in [0.29, 0.717) is 19.4 Å². The first-order valence-corrected chi connectivity index (χ1v) is 5.54. The molecule has 16 heavy (non-hydrogen) atoms. The predicted octanol–water partition coefficient (Wildman–Crippen LogP) is 1.83. The SMILES string of the molecule is Cn1cncc1C1(CN)CCC(F)(F)CC1. The van der Waals surface area contributed by atoms with Crippen LogP contribution in [0.25, 0.3) is 0 Å². The Labute approximate surface area is 93.7 Å². The van der Waals surface area contributed by atoms with Crippen LogP contribution in [-0.4, -0.2) is 22.0 Å². The van der Waals surface area contributed by atoms with E-state index in [2.05, 4.69) is 4.98 Å². The summed E-state index contributed by atoms with van der Waals surface area (Å²) < 4.78 is 28.2. The molecule has 2 N–H and O–H groups in total. The molecule has 1 heterocycles. The van der Waals surface area contributed by atoms with Crippen LogP contribution < -0.4 is 5.73 Å². The minimum Gasteiger partial charge on any atom is -0.337 e. The van der Waals surface area contributed by atoms with Crippen molar-refractivity contribution in [1.82, 2.24) is 9.55 Å². The molecule has 0 radical (unpaired) electrons. The van der Waals surface area contributed by atoms with E-state index in [-0.39, 0.29) is 18.3 Å². The van der Waals surface area contributed by atoms with Gasteiger partial charge in [-0.05, 0) is 12.8 Å². The Hall–Kier alpha value is -0.970. The number of hydrogen-bond acceptors (Lipinski definition) is 2. The smallest absolute Gasteiger partial charge is 0.248 e. The van der Waals surface area contributed by atoms with Crippen LogP contribution in [0.2, 0.25) is 0 Å². The van der Waals surface area contributed by atoms with Crippen LogP contribution in [0.5, 0.6) is 0 Å². The molecule has 0 atom stereocenters. The molecule has 5 heteroatoms. The van der Waals surface area contributed by atoms with Gasteiger partial charge in [0.25, 0.3) is 0 Å². The number of imidazole rings is 1. The van der Waals surface area contributed by atoms with Crippen molar-refractivity contribution >= 4 is 0 Å². The van der Waals surface area contributed by atoms with Gasteiger partial charge in [0.15, 0.2) is 0 Å². The Morgan fingerprint density at radius 1 is 1.38 bits per heavy atom. The monoisotopic (exact) mass is 229 g/mol. The molecule has 2 rings (SSSR count). The third-order valence-corrected chi connectivity index (χ3v) is 3.69. The largest absolute Gasteiger partial charge is 0.337 e. The van der Waals surface area contributed by atoms with E-state index in [1.165, 1.54) is 0 Å². The number of aryl methyl sites for hydroxylation is 1. The molecule has 0 amide bonds. The molecule has 1 aromatic rings. The van der Waals surface area contributed by atoms with Gasteiger partial charge in [0.1, 0.15) is 0 Å². The summed E-state index contributed by atoms with van der Waals surface area (Å²) in [6, 6.07) is 0. The molecule has 1 aliphatic rings. The molecular formula is C11H17F2N3. The van der Waals surface area contributed by atoms with Crippen LogP contribution in [-0.2, 0) is 12.5 Å². The second-order valence-electron chi connectivity index (χ2n) is 4.73.